The van der Waals surface area contributed by atoms with Crippen LogP contribution in [-0.2, 0) is 6.18 Å². The summed E-state index contributed by atoms with van der Waals surface area (Å²) in [7, 11) is 0. The number of rotatable bonds is 3. The quantitative estimate of drug-likeness (QED) is 0.845. The van der Waals surface area contributed by atoms with Crippen molar-refractivity contribution >= 4 is 17.3 Å². The number of carboxylic acids is 1. The molecule has 0 saturated heterocycles. The summed E-state index contributed by atoms with van der Waals surface area (Å²) in [6.07, 6.45) is -3.18. The van der Waals surface area contributed by atoms with E-state index in [1.54, 1.807) is 0 Å². The summed E-state index contributed by atoms with van der Waals surface area (Å²) in [5.41, 5.74) is -3.51. The van der Waals surface area contributed by atoms with Crippen LogP contribution < -0.4 is 5.32 Å². The number of anilines is 2. The van der Waals surface area contributed by atoms with Gasteiger partial charge in [-0.1, -0.05) is 0 Å². The summed E-state index contributed by atoms with van der Waals surface area (Å²) in [6, 6.07) is 1.94. The maximum Gasteiger partial charge on any atom is 0.418 e. The van der Waals surface area contributed by atoms with Crippen LogP contribution in [-0.4, -0.2) is 16.1 Å². The van der Waals surface area contributed by atoms with E-state index in [0.717, 1.165) is 18.5 Å². The van der Waals surface area contributed by atoms with Crippen LogP contribution in [0.15, 0.2) is 30.6 Å². The smallest absolute Gasteiger partial charge is 0.418 e. The van der Waals surface area contributed by atoms with Gasteiger partial charge in [0.25, 0.3) is 0 Å². The van der Waals surface area contributed by atoms with Crippen molar-refractivity contribution in [3.63, 3.8) is 0 Å². The standard InChI is InChI=1S/C13H7F5N2O2/c14-8-2-1-6(12(21)22)11(10(8)15)20-9-5-19-4-3-7(9)13(16,17)18/h1-5,20H,(H,21,22). The van der Waals surface area contributed by atoms with Gasteiger partial charge in [0.2, 0.25) is 0 Å². The number of carboxylic acid groups (broad SMARTS) is 1. The number of alkyl halides is 3. The normalized spacial score (nSPS) is 11.3. The summed E-state index contributed by atoms with van der Waals surface area (Å²) in [5, 5.41) is 10.9. The average Bonchev–Trinajstić information content (AvgIpc) is 2.43. The highest BCUT2D eigenvalue weighted by atomic mass is 19.4. The van der Waals surface area contributed by atoms with Crippen LogP contribution in [0.3, 0.4) is 0 Å². The van der Waals surface area contributed by atoms with Crippen LogP contribution in [0, 0.1) is 11.6 Å². The van der Waals surface area contributed by atoms with Gasteiger partial charge in [-0.25, -0.2) is 13.6 Å². The largest absolute Gasteiger partial charge is 0.478 e. The van der Waals surface area contributed by atoms with E-state index in [-0.39, 0.29) is 0 Å². The van der Waals surface area contributed by atoms with Crippen molar-refractivity contribution in [1.82, 2.24) is 4.98 Å². The van der Waals surface area contributed by atoms with Crippen molar-refractivity contribution in [3.8, 4) is 0 Å². The number of aromatic nitrogens is 1. The first kappa shape index (κ1) is 15.7. The van der Waals surface area contributed by atoms with E-state index in [4.69, 9.17) is 5.11 Å². The SMILES string of the molecule is O=C(O)c1ccc(F)c(F)c1Nc1cnccc1C(F)(F)F. The van der Waals surface area contributed by atoms with E-state index in [9.17, 15) is 26.7 Å². The molecule has 0 radical (unpaired) electrons. The number of halogens is 5. The number of benzene rings is 1. The Balaban J connectivity index is 2.57. The number of nitrogens with zero attached hydrogens (tertiary/aromatic N) is 1. The topological polar surface area (TPSA) is 62.2 Å². The van der Waals surface area contributed by atoms with Gasteiger partial charge in [-0.3, -0.25) is 4.98 Å². The second-order valence-corrected chi connectivity index (χ2v) is 4.13. The third-order valence-electron chi connectivity index (χ3n) is 2.71. The zero-order valence-corrected chi connectivity index (χ0v) is 10.6. The molecule has 2 aromatic rings. The molecule has 0 aliphatic carbocycles. The first-order chi connectivity index (χ1) is 10.2. The fraction of sp³-hybridized carbons (Fsp3) is 0.0769. The molecule has 0 aliphatic rings. The first-order valence-corrected chi connectivity index (χ1v) is 5.71. The molecule has 22 heavy (non-hydrogen) atoms. The van der Waals surface area contributed by atoms with Crippen molar-refractivity contribution in [3.05, 3.63) is 53.4 Å². The molecule has 116 valence electrons. The van der Waals surface area contributed by atoms with Gasteiger partial charge in [0.05, 0.1) is 28.7 Å². The number of hydrogen-bond acceptors (Lipinski definition) is 3. The number of pyridine rings is 1. The Morgan fingerprint density at radius 3 is 2.45 bits per heavy atom. The molecule has 2 rings (SSSR count). The fourth-order valence-electron chi connectivity index (χ4n) is 1.73. The Morgan fingerprint density at radius 2 is 1.86 bits per heavy atom. The van der Waals surface area contributed by atoms with Gasteiger partial charge < -0.3 is 10.4 Å². The van der Waals surface area contributed by atoms with Gasteiger partial charge in [0.15, 0.2) is 11.6 Å². The molecule has 0 saturated carbocycles. The maximum atomic E-state index is 13.7. The van der Waals surface area contributed by atoms with E-state index in [1.165, 1.54) is 0 Å². The lowest BCUT2D eigenvalue weighted by molar-refractivity contribution is -0.137. The minimum atomic E-state index is -4.78. The fourth-order valence-corrected chi connectivity index (χ4v) is 1.73. The Labute approximate surface area is 120 Å². The van der Waals surface area contributed by atoms with Crippen LogP contribution in [0.1, 0.15) is 15.9 Å². The Kier molecular flexibility index (Phi) is 3.98. The Hall–Kier alpha value is -2.71. The van der Waals surface area contributed by atoms with Crippen molar-refractivity contribution < 1.29 is 31.9 Å². The van der Waals surface area contributed by atoms with Crippen LogP contribution in [0.2, 0.25) is 0 Å². The van der Waals surface area contributed by atoms with Crippen LogP contribution >= 0.6 is 0 Å². The second-order valence-electron chi connectivity index (χ2n) is 4.13. The highest BCUT2D eigenvalue weighted by Gasteiger charge is 2.34. The van der Waals surface area contributed by atoms with Crippen LogP contribution in [0.25, 0.3) is 0 Å². The molecule has 0 unspecified atom stereocenters. The monoisotopic (exact) mass is 318 g/mol. The van der Waals surface area contributed by atoms with Crippen molar-refractivity contribution in [2.24, 2.45) is 0 Å². The van der Waals surface area contributed by atoms with E-state index in [0.29, 0.717) is 12.1 Å². The summed E-state index contributed by atoms with van der Waals surface area (Å²) >= 11 is 0. The summed E-state index contributed by atoms with van der Waals surface area (Å²) in [4.78, 5) is 14.4. The molecule has 4 nitrogen and oxygen atoms in total. The predicted octanol–water partition coefficient (Wildman–Crippen LogP) is 3.82. The van der Waals surface area contributed by atoms with Gasteiger partial charge in [-0.05, 0) is 18.2 Å². The van der Waals surface area contributed by atoms with E-state index >= 15 is 0 Å². The van der Waals surface area contributed by atoms with Crippen LogP contribution in [0.4, 0.5) is 33.3 Å². The Bertz CT molecular complexity index is 731. The molecular formula is C13H7F5N2O2. The molecule has 0 spiro atoms. The Morgan fingerprint density at radius 1 is 1.18 bits per heavy atom. The molecule has 1 aromatic carbocycles. The molecule has 0 atom stereocenters. The predicted molar refractivity (Wildman–Crippen MR) is 65.8 cm³/mol. The minimum absolute atomic E-state index is 0.567. The minimum Gasteiger partial charge on any atom is -0.478 e. The van der Waals surface area contributed by atoms with Gasteiger partial charge in [0.1, 0.15) is 0 Å². The van der Waals surface area contributed by atoms with Gasteiger partial charge in [-0.2, -0.15) is 13.2 Å². The summed E-state index contributed by atoms with van der Waals surface area (Å²) < 4.78 is 65.5. The van der Waals surface area contributed by atoms with Crippen LogP contribution in [0.5, 0.6) is 0 Å². The lowest BCUT2D eigenvalue weighted by atomic mass is 10.1. The second kappa shape index (κ2) is 5.58. The summed E-state index contributed by atoms with van der Waals surface area (Å²) in [6.45, 7) is 0. The highest BCUT2D eigenvalue weighted by molar-refractivity contribution is 5.95. The number of carbonyl (C=O) groups is 1. The molecular weight excluding hydrogens is 311 g/mol. The number of nitrogens with one attached hydrogen (secondary N) is 1. The molecule has 9 heteroatoms. The van der Waals surface area contributed by atoms with Gasteiger partial charge in [0, 0.05) is 6.20 Å². The van der Waals surface area contributed by atoms with E-state index in [2.05, 4.69) is 4.98 Å². The van der Waals surface area contributed by atoms with Crippen molar-refractivity contribution in [1.29, 1.82) is 0 Å². The molecule has 0 bridgehead atoms. The lowest BCUT2D eigenvalue weighted by Crippen LogP contribution is -2.12. The zero-order chi connectivity index (χ0) is 16.5. The van der Waals surface area contributed by atoms with Crippen molar-refractivity contribution in [2.45, 2.75) is 6.18 Å². The molecule has 1 heterocycles. The van der Waals surface area contributed by atoms with Crippen molar-refractivity contribution in [2.75, 3.05) is 5.32 Å². The number of hydrogen-bond donors (Lipinski definition) is 2. The zero-order valence-electron chi connectivity index (χ0n) is 10.6. The van der Waals surface area contributed by atoms with Gasteiger partial charge >= 0.3 is 12.1 Å². The lowest BCUT2D eigenvalue weighted by Gasteiger charge is -2.15. The van der Waals surface area contributed by atoms with E-state index < -0.39 is 46.3 Å². The molecule has 0 amide bonds. The molecule has 0 fully saturated rings. The molecule has 0 aliphatic heterocycles. The first-order valence-electron chi connectivity index (χ1n) is 5.71. The van der Waals surface area contributed by atoms with E-state index in [1.807, 2.05) is 5.32 Å². The molecule has 2 N–H and O–H groups in total. The number of aromatic carboxylic acids is 1. The highest BCUT2D eigenvalue weighted by Crippen LogP contribution is 2.36. The summed E-state index contributed by atoms with van der Waals surface area (Å²) in [5.74, 6) is -4.62. The van der Waals surface area contributed by atoms with Gasteiger partial charge in [-0.15, -0.1) is 0 Å². The third kappa shape index (κ3) is 2.97. The average molecular weight is 318 g/mol. The maximum absolute atomic E-state index is 13.7. The molecule has 1 aromatic heterocycles. The third-order valence-corrected chi connectivity index (χ3v) is 2.71.